The maximum absolute atomic E-state index is 5.44. The van der Waals surface area contributed by atoms with Gasteiger partial charge in [0.15, 0.2) is 11.5 Å². The highest BCUT2D eigenvalue weighted by Gasteiger charge is 2.23. The van der Waals surface area contributed by atoms with Gasteiger partial charge in [-0.1, -0.05) is 0 Å². The maximum atomic E-state index is 5.44. The molecule has 0 bridgehead atoms. The summed E-state index contributed by atoms with van der Waals surface area (Å²) < 4.78 is 16.1. The second kappa shape index (κ2) is 7.38. The van der Waals surface area contributed by atoms with Gasteiger partial charge in [-0.05, 0) is 39.2 Å². The molecule has 2 rings (SSSR count). The molecule has 0 N–H and O–H groups in total. The van der Waals surface area contributed by atoms with Gasteiger partial charge in [-0.15, -0.1) is 0 Å². The third kappa shape index (κ3) is 3.46. The second-order valence-corrected chi connectivity index (χ2v) is 5.70. The minimum atomic E-state index is 0.464. The summed E-state index contributed by atoms with van der Waals surface area (Å²) in [6, 6.07) is 4.64. The molecule has 1 saturated heterocycles. The summed E-state index contributed by atoms with van der Waals surface area (Å²) in [5.74, 6) is 2.04. The first-order chi connectivity index (χ1) is 10.6. The van der Waals surface area contributed by atoms with Crippen LogP contribution >= 0.6 is 0 Å². The number of nitrogens with zero attached hydrogens (tertiary/aromatic N) is 2. The van der Waals surface area contributed by atoms with Crippen molar-refractivity contribution < 1.29 is 14.2 Å². The van der Waals surface area contributed by atoms with Crippen molar-refractivity contribution in [3.05, 3.63) is 17.7 Å². The Hall–Kier alpha value is -1.91. The molecular weight excluding hydrogens is 280 g/mol. The van der Waals surface area contributed by atoms with E-state index >= 15 is 0 Å². The molecule has 1 aromatic rings. The van der Waals surface area contributed by atoms with Crippen LogP contribution in [0.25, 0.3) is 0 Å². The minimum Gasteiger partial charge on any atom is -0.496 e. The van der Waals surface area contributed by atoms with Gasteiger partial charge in [0.1, 0.15) is 5.75 Å². The first kappa shape index (κ1) is 16.5. The van der Waals surface area contributed by atoms with Crippen molar-refractivity contribution in [1.82, 2.24) is 5.01 Å². The Balaban J connectivity index is 2.29. The average molecular weight is 306 g/mol. The third-order valence-corrected chi connectivity index (χ3v) is 4.21. The summed E-state index contributed by atoms with van der Waals surface area (Å²) in [7, 11) is 4.88. The van der Waals surface area contributed by atoms with Crippen LogP contribution in [0.1, 0.15) is 38.7 Å². The van der Waals surface area contributed by atoms with Crippen LogP contribution in [0.15, 0.2) is 17.2 Å². The molecule has 0 aromatic heterocycles. The highest BCUT2D eigenvalue weighted by molar-refractivity contribution is 5.85. The van der Waals surface area contributed by atoms with Crippen LogP contribution in [0.4, 0.5) is 0 Å². The fourth-order valence-electron chi connectivity index (χ4n) is 2.92. The Morgan fingerprint density at radius 2 is 1.50 bits per heavy atom. The van der Waals surface area contributed by atoms with Crippen LogP contribution in [0.3, 0.4) is 0 Å². The standard InChI is InChI=1S/C17H26N2O3/c1-12-7-6-8-13(2)19(12)18-11-14-9-16(21-4)17(22-5)10-15(14)20-3/h9-13H,6-8H2,1-5H3. The van der Waals surface area contributed by atoms with E-state index in [9.17, 15) is 0 Å². The fraction of sp³-hybridized carbons (Fsp3) is 0.588. The molecule has 0 radical (unpaired) electrons. The molecule has 5 heteroatoms. The summed E-state index contributed by atoms with van der Waals surface area (Å²) in [6.45, 7) is 4.44. The Bertz CT molecular complexity index is 521. The lowest BCUT2D eigenvalue weighted by Crippen LogP contribution is -2.39. The summed E-state index contributed by atoms with van der Waals surface area (Å²) >= 11 is 0. The van der Waals surface area contributed by atoms with Gasteiger partial charge in [-0.25, -0.2) is 0 Å². The van der Waals surface area contributed by atoms with E-state index in [1.54, 1.807) is 21.3 Å². The molecule has 0 spiro atoms. The molecule has 5 nitrogen and oxygen atoms in total. The van der Waals surface area contributed by atoms with Crippen LogP contribution in [-0.4, -0.2) is 44.6 Å². The topological polar surface area (TPSA) is 43.3 Å². The number of piperidine rings is 1. The molecule has 0 aliphatic carbocycles. The number of ether oxygens (including phenoxy) is 3. The van der Waals surface area contributed by atoms with Crippen molar-refractivity contribution in [2.45, 2.75) is 45.2 Å². The first-order valence-electron chi connectivity index (χ1n) is 7.73. The molecule has 2 unspecified atom stereocenters. The number of hydrogen-bond acceptors (Lipinski definition) is 5. The SMILES string of the molecule is COc1cc(OC)c(OC)cc1C=NN1C(C)CCCC1C. The fourth-order valence-corrected chi connectivity index (χ4v) is 2.92. The van der Waals surface area contributed by atoms with Gasteiger partial charge in [0.25, 0.3) is 0 Å². The zero-order valence-corrected chi connectivity index (χ0v) is 14.1. The number of hydrazone groups is 1. The maximum Gasteiger partial charge on any atom is 0.164 e. The Labute approximate surface area is 132 Å². The Kier molecular flexibility index (Phi) is 5.52. The van der Waals surface area contributed by atoms with Crippen molar-refractivity contribution in [1.29, 1.82) is 0 Å². The van der Waals surface area contributed by atoms with Crippen LogP contribution in [0.5, 0.6) is 17.2 Å². The minimum absolute atomic E-state index is 0.464. The zero-order chi connectivity index (χ0) is 16.1. The molecule has 0 amide bonds. The monoisotopic (exact) mass is 306 g/mol. The largest absolute Gasteiger partial charge is 0.496 e. The van der Waals surface area contributed by atoms with E-state index in [4.69, 9.17) is 14.2 Å². The van der Waals surface area contributed by atoms with Gasteiger partial charge in [0, 0.05) is 23.7 Å². The summed E-state index contributed by atoms with van der Waals surface area (Å²) in [5, 5.41) is 6.87. The first-order valence-corrected chi connectivity index (χ1v) is 7.73. The molecule has 0 saturated carbocycles. The molecule has 2 atom stereocenters. The van der Waals surface area contributed by atoms with E-state index in [0.29, 0.717) is 23.6 Å². The van der Waals surface area contributed by atoms with E-state index in [1.807, 2.05) is 18.3 Å². The second-order valence-electron chi connectivity index (χ2n) is 5.70. The molecule has 1 heterocycles. The number of hydrogen-bond donors (Lipinski definition) is 0. The molecule has 1 fully saturated rings. The normalized spacial score (nSPS) is 22.0. The highest BCUT2D eigenvalue weighted by Crippen LogP contribution is 2.34. The zero-order valence-electron chi connectivity index (χ0n) is 14.1. The van der Waals surface area contributed by atoms with E-state index in [2.05, 4.69) is 24.0 Å². The van der Waals surface area contributed by atoms with Crippen molar-refractivity contribution in [2.24, 2.45) is 5.10 Å². The quantitative estimate of drug-likeness (QED) is 0.783. The average Bonchev–Trinajstić information content (AvgIpc) is 2.53. The molecule has 22 heavy (non-hydrogen) atoms. The number of rotatable bonds is 5. The lowest BCUT2D eigenvalue weighted by Gasteiger charge is -2.36. The van der Waals surface area contributed by atoms with Crippen molar-refractivity contribution >= 4 is 6.21 Å². The van der Waals surface area contributed by atoms with Gasteiger partial charge in [-0.3, -0.25) is 5.01 Å². The third-order valence-electron chi connectivity index (χ3n) is 4.21. The van der Waals surface area contributed by atoms with E-state index in [0.717, 1.165) is 11.3 Å². The molecule has 122 valence electrons. The Morgan fingerprint density at radius 1 is 0.955 bits per heavy atom. The van der Waals surface area contributed by atoms with Gasteiger partial charge in [0.2, 0.25) is 0 Å². The predicted octanol–water partition coefficient (Wildman–Crippen LogP) is 3.31. The van der Waals surface area contributed by atoms with E-state index < -0.39 is 0 Å². The summed E-state index contributed by atoms with van der Waals surface area (Å²) in [4.78, 5) is 0. The van der Waals surface area contributed by atoms with Gasteiger partial charge < -0.3 is 14.2 Å². The van der Waals surface area contributed by atoms with Crippen LogP contribution in [0, 0.1) is 0 Å². The molecule has 1 aliphatic rings. The summed E-state index contributed by atoms with van der Waals surface area (Å²) in [5.41, 5.74) is 0.880. The lowest BCUT2D eigenvalue weighted by atomic mass is 10.00. The smallest absolute Gasteiger partial charge is 0.164 e. The summed E-state index contributed by atoms with van der Waals surface area (Å²) in [6.07, 6.45) is 5.49. The molecule has 1 aromatic carbocycles. The van der Waals surface area contributed by atoms with E-state index in [-0.39, 0.29) is 0 Å². The predicted molar refractivity (Wildman–Crippen MR) is 88.3 cm³/mol. The van der Waals surface area contributed by atoms with Gasteiger partial charge in [0.05, 0.1) is 27.5 Å². The molecule has 1 aliphatic heterocycles. The van der Waals surface area contributed by atoms with Crippen LogP contribution < -0.4 is 14.2 Å². The van der Waals surface area contributed by atoms with Gasteiger partial charge in [-0.2, -0.15) is 5.10 Å². The highest BCUT2D eigenvalue weighted by atomic mass is 16.5. The van der Waals surface area contributed by atoms with Crippen LogP contribution in [0.2, 0.25) is 0 Å². The lowest BCUT2D eigenvalue weighted by molar-refractivity contribution is 0.109. The van der Waals surface area contributed by atoms with Crippen LogP contribution in [-0.2, 0) is 0 Å². The number of benzene rings is 1. The van der Waals surface area contributed by atoms with Crippen molar-refractivity contribution in [2.75, 3.05) is 21.3 Å². The van der Waals surface area contributed by atoms with Crippen molar-refractivity contribution in [3.8, 4) is 17.2 Å². The number of methoxy groups -OCH3 is 3. The van der Waals surface area contributed by atoms with Crippen molar-refractivity contribution in [3.63, 3.8) is 0 Å². The Morgan fingerprint density at radius 3 is 2.05 bits per heavy atom. The van der Waals surface area contributed by atoms with E-state index in [1.165, 1.54) is 19.3 Å². The van der Waals surface area contributed by atoms with Gasteiger partial charge >= 0.3 is 0 Å². The molecular formula is C17H26N2O3.